The molecule has 0 heterocycles. The molecule has 11 heavy (non-hydrogen) atoms. The second-order valence-electron chi connectivity index (χ2n) is 1.91. The molecule has 1 rings (SSSR count). The number of anilines is 1. The third-order valence-corrected chi connectivity index (χ3v) is 1.30. The van der Waals surface area contributed by atoms with E-state index in [9.17, 15) is 9.18 Å². The number of hydrogen-bond donors (Lipinski definition) is 1. The third-order valence-electron chi connectivity index (χ3n) is 1.07. The largest absolute Gasteiger partial charge is 0.401 e. The quantitative estimate of drug-likeness (QED) is 0.514. The third kappa shape index (κ3) is 2.55. The Morgan fingerprint density at radius 3 is 2.82 bits per heavy atom. The van der Waals surface area contributed by atoms with E-state index in [0.717, 1.165) is 0 Å². The summed E-state index contributed by atoms with van der Waals surface area (Å²) < 4.78 is 11.7. The van der Waals surface area contributed by atoms with Crippen molar-refractivity contribution in [3.63, 3.8) is 0 Å². The van der Waals surface area contributed by atoms with Crippen LogP contribution >= 0.6 is 11.6 Å². The Kier molecular flexibility index (Phi) is 2.44. The number of rotatable bonds is 1. The van der Waals surface area contributed by atoms with E-state index in [1.807, 2.05) is 5.32 Å². The number of benzene rings is 1. The first-order chi connectivity index (χ1) is 5.18. The molecule has 1 aromatic carbocycles. The molecule has 4 heteroatoms. The maximum atomic E-state index is 11.7. The fourth-order valence-corrected chi connectivity index (χ4v) is 0.870. The first kappa shape index (κ1) is 8.01. The average Bonchev–Trinajstić information content (AvgIpc) is 1.85. The Labute approximate surface area is 68.0 Å². The van der Waals surface area contributed by atoms with Gasteiger partial charge in [0.25, 0.3) is 0 Å². The average molecular weight is 174 g/mol. The Bertz CT molecular complexity index is 277. The zero-order valence-corrected chi connectivity index (χ0v) is 6.23. The summed E-state index contributed by atoms with van der Waals surface area (Å²) in [5.74, 6) is 0. The van der Waals surface area contributed by atoms with Gasteiger partial charge in [-0.3, -0.25) is 5.32 Å². The summed E-state index contributed by atoms with van der Waals surface area (Å²) in [5, 5.41) is 2.41. The summed E-state index contributed by atoms with van der Waals surface area (Å²) in [6, 6.07) is 6.26. The summed E-state index contributed by atoms with van der Waals surface area (Å²) in [5.41, 5.74) is 0.352. The zero-order chi connectivity index (χ0) is 8.27. The van der Waals surface area contributed by atoms with Crippen LogP contribution in [0.4, 0.5) is 14.9 Å². The first-order valence-corrected chi connectivity index (χ1v) is 3.28. The summed E-state index contributed by atoms with van der Waals surface area (Å²) in [6.45, 7) is 0. The maximum Gasteiger partial charge on any atom is 0.401 e. The Morgan fingerprint density at radius 2 is 2.27 bits per heavy atom. The predicted molar refractivity (Wildman–Crippen MR) is 41.6 cm³/mol. The van der Waals surface area contributed by atoms with Crippen LogP contribution in [0.15, 0.2) is 24.3 Å². The molecule has 0 aliphatic heterocycles. The zero-order valence-electron chi connectivity index (χ0n) is 5.47. The van der Waals surface area contributed by atoms with E-state index in [1.54, 1.807) is 18.2 Å². The van der Waals surface area contributed by atoms with E-state index in [0.29, 0.717) is 10.7 Å². The van der Waals surface area contributed by atoms with Gasteiger partial charge in [0, 0.05) is 10.7 Å². The molecule has 1 amide bonds. The molecule has 58 valence electrons. The molecule has 0 aromatic heterocycles. The van der Waals surface area contributed by atoms with Crippen molar-refractivity contribution in [1.29, 1.82) is 0 Å². The molecule has 0 unspecified atom stereocenters. The lowest BCUT2D eigenvalue weighted by Crippen LogP contribution is -2.01. The molecule has 1 N–H and O–H groups in total. The summed E-state index contributed by atoms with van der Waals surface area (Å²) >= 11 is 5.55. The van der Waals surface area contributed by atoms with Crippen molar-refractivity contribution < 1.29 is 9.18 Å². The van der Waals surface area contributed by atoms with E-state index in [-0.39, 0.29) is 0 Å². The molecule has 0 aliphatic carbocycles. The fraction of sp³-hybridized carbons (Fsp3) is 0. The van der Waals surface area contributed by atoms with Crippen molar-refractivity contribution in [3.05, 3.63) is 29.3 Å². The molecular weight excluding hydrogens is 169 g/mol. The Hall–Kier alpha value is -1.09. The smallest absolute Gasteiger partial charge is 0.298 e. The number of carbonyl (C=O) groups excluding carboxylic acids is 1. The van der Waals surface area contributed by atoms with Crippen molar-refractivity contribution >= 4 is 23.4 Å². The molecule has 0 saturated carbocycles. The lowest BCUT2D eigenvalue weighted by Gasteiger charge is -1.97. The van der Waals surface area contributed by atoms with Gasteiger partial charge in [0.1, 0.15) is 0 Å². The molecule has 1 aromatic rings. The van der Waals surface area contributed by atoms with Gasteiger partial charge in [-0.2, -0.15) is 0 Å². The van der Waals surface area contributed by atoms with Gasteiger partial charge >= 0.3 is 6.16 Å². The van der Waals surface area contributed by atoms with Gasteiger partial charge in [-0.15, -0.1) is 4.39 Å². The molecule has 0 saturated heterocycles. The number of nitrogens with one attached hydrogen (secondary N) is 1. The normalized spacial score (nSPS) is 9.27. The molecule has 0 fully saturated rings. The van der Waals surface area contributed by atoms with Gasteiger partial charge in [-0.25, -0.2) is 4.79 Å². The van der Waals surface area contributed by atoms with Gasteiger partial charge in [0.15, 0.2) is 0 Å². The summed E-state index contributed by atoms with van der Waals surface area (Å²) in [7, 11) is 0. The molecule has 0 atom stereocenters. The minimum Gasteiger partial charge on any atom is -0.298 e. The second-order valence-corrected chi connectivity index (χ2v) is 2.35. The van der Waals surface area contributed by atoms with Crippen molar-refractivity contribution in [2.45, 2.75) is 0 Å². The SMILES string of the molecule is O=C(F)Nc1cccc(Cl)c1. The highest BCUT2D eigenvalue weighted by Gasteiger charge is 1.97. The van der Waals surface area contributed by atoms with Crippen molar-refractivity contribution in [3.8, 4) is 0 Å². The standard InChI is InChI=1S/C7H5ClFNO/c8-5-2-1-3-6(4-5)10-7(9)11/h1-4H,(H,10,11). The van der Waals surface area contributed by atoms with Gasteiger partial charge in [-0.1, -0.05) is 17.7 Å². The molecule has 0 radical (unpaired) electrons. The molecule has 2 nitrogen and oxygen atoms in total. The lowest BCUT2D eigenvalue weighted by molar-refractivity contribution is 0.235. The highest BCUT2D eigenvalue weighted by molar-refractivity contribution is 6.30. The van der Waals surface area contributed by atoms with Crippen LogP contribution in [-0.4, -0.2) is 6.16 Å². The first-order valence-electron chi connectivity index (χ1n) is 2.90. The van der Waals surface area contributed by atoms with Crippen molar-refractivity contribution in [1.82, 2.24) is 0 Å². The molecule has 0 spiro atoms. The molecular formula is C7H5ClFNO. The van der Waals surface area contributed by atoms with E-state index in [4.69, 9.17) is 11.6 Å². The van der Waals surface area contributed by atoms with Gasteiger partial charge in [-0.05, 0) is 18.2 Å². The topological polar surface area (TPSA) is 29.1 Å². The van der Waals surface area contributed by atoms with E-state index < -0.39 is 6.16 Å². The highest BCUT2D eigenvalue weighted by Crippen LogP contribution is 2.14. The predicted octanol–water partition coefficient (Wildman–Crippen LogP) is 2.84. The minimum atomic E-state index is -1.59. The lowest BCUT2D eigenvalue weighted by atomic mass is 10.3. The van der Waals surface area contributed by atoms with Crippen LogP contribution in [0, 0.1) is 0 Å². The maximum absolute atomic E-state index is 11.7. The summed E-state index contributed by atoms with van der Waals surface area (Å²) in [6.07, 6.45) is -1.59. The van der Waals surface area contributed by atoms with E-state index in [1.165, 1.54) is 6.07 Å². The Balaban J connectivity index is 2.79. The summed E-state index contributed by atoms with van der Waals surface area (Å²) in [4.78, 5) is 9.90. The Morgan fingerprint density at radius 1 is 1.55 bits per heavy atom. The number of amides is 1. The van der Waals surface area contributed by atoms with Crippen LogP contribution in [-0.2, 0) is 0 Å². The van der Waals surface area contributed by atoms with Gasteiger partial charge < -0.3 is 0 Å². The van der Waals surface area contributed by atoms with Crippen LogP contribution < -0.4 is 5.32 Å². The molecule has 0 aliphatic rings. The number of carbonyl (C=O) groups is 1. The van der Waals surface area contributed by atoms with Crippen LogP contribution in [0.25, 0.3) is 0 Å². The van der Waals surface area contributed by atoms with Crippen molar-refractivity contribution in [2.24, 2.45) is 0 Å². The minimum absolute atomic E-state index is 0.352. The van der Waals surface area contributed by atoms with Crippen LogP contribution in [0.3, 0.4) is 0 Å². The van der Waals surface area contributed by atoms with Crippen molar-refractivity contribution in [2.75, 3.05) is 5.32 Å². The second kappa shape index (κ2) is 3.34. The highest BCUT2D eigenvalue weighted by atomic mass is 35.5. The molecule has 0 bridgehead atoms. The monoisotopic (exact) mass is 173 g/mol. The van der Waals surface area contributed by atoms with Gasteiger partial charge in [0.2, 0.25) is 0 Å². The van der Waals surface area contributed by atoms with E-state index >= 15 is 0 Å². The van der Waals surface area contributed by atoms with E-state index in [2.05, 4.69) is 0 Å². The fourth-order valence-electron chi connectivity index (χ4n) is 0.680. The van der Waals surface area contributed by atoms with Crippen LogP contribution in [0.2, 0.25) is 5.02 Å². The van der Waals surface area contributed by atoms with Crippen LogP contribution in [0.1, 0.15) is 0 Å². The number of hydrogen-bond acceptors (Lipinski definition) is 1. The number of halogens is 2. The van der Waals surface area contributed by atoms with Gasteiger partial charge in [0.05, 0.1) is 0 Å². The van der Waals surface area contributed by atoms with Crippen LogP contribution in [0.5, 0.6) is 0 Å².